The van der Waals surface area contributed by atoms with E-state index in [2.05, 4.69) is 38.5 Å². The van der Waals surface area contributed by atoms with Gasteiger partial charge in [0.15, 0.2) is 0 Å². The van der Waals surface area contributed by atoms with Crippen LogP contribution >= 0.6 is 8.25 Å². The first-order valence-corrected chi connectivity index (χ1v) is 8.75. The summed E-state index contributed by atoms with van der Waals surface area (Å²) in [7, 11) is -2.84. The first-order valence-electron chi connectivity index (χ1n) is 7.52. The van der Waals surface area contributed by atoms with E-state index in [4.69, 9.17) is 9.05 Å². The van der Waals surface area contributed by atoms with Crippen LogP contribution < -0.4 is 0 Å². The van der Waals surface area contributed by atoms with Crippen LogP contribution in [0.3, 0.4) is 0 Å². The summed E-state index contributed by atoms with van der Waals surface area (Å²) >= 11 is 0. The topological polar surface area (TPSA) is 83.1 Å². The van der Waals surface area contributed by atoms with Gasteiger partial charge in [-0.05, 0) is 25.7 Å². The quantitative estimate of drug-likeness (QED) is 0.335. The predicted octanol–water partition coefficient (Wildman–Crippen LogP) is 4.73. The lowest BCUT2D eigenvalue weighted by Crippen LogP contribution is -2.24. The van der Waals surface area contributed by atoms with Gasteiger partial charge in [0, 0.05) is 0 Å². The number of nitriles is 2. The predicted molar refractivity (Wildman–Crippen MR) is 96.3 cm³/mol. The molecule has 0 bridgehead atoms. The zero-order valence-corrected chi connectivity index (χ0v) is 15.0. The number of hydrogen-bond donors (Lipinski definition) is 0. The summed E-state index contributed by atoms with van der Waals surface area (Å²) < 4.78 is 22.5. The summed E-state index contributed by atoms with van der Waals surface area (Å²) in [5, 5.41) is 18.7. The van der Waals surface area contributed by atoms with E-state index in [1.165, 1.54) is 0 Å². The minimum Gasteiger partial charge on any atom is -0.309 e. The van der Waals surface area contributed by atoms with Gasteiger partial charge >= 0.3 is 8.25 Å². The molecule has 0 N–H and O–H groups in total. The second kappa shape index (κ2) is 11.6. The van der Waals surface area contributed by atoms with Crippen molar-refractivity contribution in [1.82, 2.24) is 0 Å². The van der Waals surface area contributed by atoms with Crippen LogP contribution in [0.15, 0.2) is 50.6 Å². The first kappa shape index (κ1) is 22.1. The highest BCUT2D eigenvalue weighted by atomic mass is 31.1. The Labute approximate surface area is 145 Å². The average molecular weight is 348 g/mol. The molecule has 0 aliphatic rings. The molecule has 0 amide bonds. The zero-order valence-electron chi connectivity index (χ0n) is 14.0. The number of nitrogens with zero attached hydrogens (tertiary/aromatic N) is 2. The Balaban J connectivity index is 4.78. The molecule has 0 spiro atoms. The maximum absolute atomic E-state index is 12.0. The number of hydrogen-bond acceptors (Lipinski definition) is 5. The van der Waals surface area contributed by atoms with Crippen molar-refractivity contribution < 1.29 is 13.6 Å². The third kappa shape index (κ3) is 7.11. The summed E-state index contributed by atoms with van der Waals surface area (Å²) in [5.74, 6) is 0. The van der Waals surface area contributed by atoms with Crippen LogP contribution in [0.25, 0.3) is 0 Å². The number of rotatable bonds is 14. The minimum absolute atomic E-state index is 0.0538. The normalized spacial score (nSPS) is 11.3. The third-order valence-electron chi connectivity index (χ3n) is 3.55. The smallest absolute Gasteiger partial charge is 0.309 e. The Morgan fingerprint density at radius 3 is 1.29 bits per heavy atom. The molecule has 0 aromatic carbocycles. The molecule has 5 nitrogen and oxygen atoms in total. The highest BCUT2D eigenvalue weighted by molar-refractivity contribution is 7.33. The van der Waals surface area contributed by atoms with Gasteiger partial charge in [-0.25, -0.2) is 0 Å². The maximum atomic E-state index is 12.0. The van der Waals surface area contributed by atoms with Crippen molar-refractivity contribution in [2.75, 3.05) is 13.2 Å². The van der Waals surface area contributed by atoms with Gasteiger partial charge in [-0.1, -0.05) is 24.3 Å². The van der Waals surface area contributed by atoms with Gasteiger partial charge in [-0.3, -0.25) is 4.57 Å². The van der Waals surface area contributed by atoms with Crippen molar-refractivity contribution in [2.24, 2.45) is 10.8 Å². The summed E-state index contributed by atoms with van der Waals surface area (Å²) in [6.45, 7) is 14.4. The molecular formula is C18H25N2O3P. The van der Waals surface area contributed by atoms with Gasteiger partial charge in [-0.2, -0.15) is 10.5 Å². The highest BCUT2D eigenvalue weighted by Crippen LogP contribution is 2.36. The SMILES string of the molecule is C=CCC(C#N)(CC=C)CO[PH](=O)OCC(C#N)(CC=C)CC=C. The standard InChI is InChI=1S/C18H25N2O3P/c1-5-9-17(13-19,10-6-2)15-22-24(21)23-16-18(14-20,11-7-3)12-8-4/h5-8,24H,1-4,9-12,15-16H2. The molecule has 0 aromatic heterocycles. The monoisotopic (exact) mass is 348 g/mol. The van der Waals surface area contributed by atoms with Crippen molar-refractivity contribution in [3.63, 3.8) is 0 Å². The molecule has 0 unspecified atom stereocenters. The second-order valence-electron chi connectivity index (χ2n) is 5.58. The maximum Gasteiger partial charge on any atom is 0.319 e. The fraction of sp³-hybridized carbons (Fsp3) is 0.444. The van der Waals surface area contributed by atoms with Gasteiger partial charge in [0.05, 0.1) is 36.2 Å². The molecule has 0 saturated heterocycles. The largest absolute Gasteiger partial charge is 0.319 e. The van der Waals surface area contributed by atoms with E-state index < -0.39 is 19.1 Å². The summed E-state index contributed by atoms with van der Waals surface area (Å²) in [5.41, 5.74) is -1.72. The Hall–Kier alpha value is -1.91. The molecule has 130 valence electrons. The van der Waals surface area contributed by atoms with Crippen molar-refractivity contribution in [3.05, 3.63) is 50.6 Å². The second-order valence-corrected chi connectivity index (χ2v) is 6.66. The summed E-state index contributed by atoms with van der Waals surface area (Å²) in [6, 6.07) is 4.34. The van der Waals surface area contributed by atoms with Crippen molar-refractivity contribution in [2.45, 2.75) is 25.7 Å². The number of allylic oxidation sites excluding steroid dienone is 4. The van der Waals surface area contributed by atoms with Crippen LogP contribution in [0.5, 0.6) is 0 Å². The Morgan fingerprint density at radius 2 is 1.08 bits per heavy atom. The van der Waals surface area contributed by atoms with Gasteiger partial charge < -0.3 is 9.05 Å². The lowest BCUT2D eigenvalue weighted by Gasteiger charge is -2.25. The van der Waals surface area contributed by atoms with Gasteiger partial charge in [0.25, 0.3) is 0 Å². The molecule has 6 heteroatoms. The van der Waals surface area contributed by atoms with Crippen molar-refractivity contribution >= 4 is 8.25 Å². The molecule has 0 aliphatic carbocycles. The molecule has 0 fully saturated rings. The van der Waals surface area contributed by atoms with Crippen LogP contribution in [0.4, 0.5) is 0 Å². The molecule has 0 aromatic rings. The molecule has 0 heterocycles. The van der Waals surface area contributed by atoms with Crippen molar-refractivity contribution in [1.29, 1.82) is 10.5 Å². The fourth-order valence-corrected chi connectivity index (χ4v) is 3.06. The fourth-order valence-electron chi connectivity index (χ4n) is 2.19. The van der Waals surface area contributed by atoms with Gasteiger partial charge in [-0.15, -0.1) is 26.3 Å². The Bertz CT molecular complexity index is 490. The minimum atomic E-state index is -2.84. The van der Waals surface area contributed by atoms with Crippen LogP contribution in [0.1, 0.15) is 25.7 Å². The Morgan fingerprint density at radius 1 is 0.792 bits per heavy atom. The van der Waals surface area contributed by atoms with Crippen LogP contribution in [0.2, 0.25) is 0 Å². The molecule has 24 heavy (non-hydrogen) atoms. The van der Waals surface area contributed by atoms with E-state index >= 15 is 0 Å². The van der Waals surface area contributed by atoms with Crippen molar-refractivity contribution in [3.8, 4) is 12.1 Å². The molecule has 0 atom stereocenters. The van der Waals surface area contributed by atoms with E-state index in [-0.39, 0.29) is 13.2 Å². The van der Waals surface area contributed by atoms with Gasteiger partial charge in [0.2, 0.25) is 0 Å². The first-order chi connectivity index (χ1) is 11.5. The summed E-state index contributed by atoms with van der Waals surface area (Å²) in [6.07, 6.45) is 8.01. The van der Waals surface area contributed by atoms with E-state index in [9.17, 15) is 15.1 Å². The van der Waals surface area contributed by atoms with E-state index in [1.807, 2.05) is 0 Å². The third-order valence-corrected chi connectivity index (χ3v) is 4.31. The Kier molecular flexibility index (Phi) is 10.7. The average Bonchev–Trinajstić information content (AvgIpc) is 2.58. The zero-order chi connectivity index (χ0) is 18.5. The lowest BCUT2D eigenvalue weighted by molar-refractivity contribution is 0.140. The van der Waals surface area contributed by atoms with E-state index in [0.717, 1.165) is 0 Å². The molecule has 0 aliphatic heterocycles. The van der Waals surface area contributed by atoms with Crippen LogP contribution in [-0.4, -0.2) is 13.2 Å². The van der Waals surface area contributed by atoms with Crippen LogP contribution in [0, 0.1) is 33.5 Å². The molecule has 0 saturated carbocycles. The van der Waals surface area contributed by atoms with Gasteiger partial charge in [0.1, 0.15) is 0 Å². The summed E-state index contributed by atoms with van der Waals surface area (Å²) in [4.78, 5) is 0. The van der Waals surface area contributed by atoms with Crippen LogP contribution in [-0.2, 0) is 13.6 Å². The van der Waals surface area contributed by atoms with E-state index in [0.29, 0.717) is 25.7 Å². The molecule has 0 radical (unpaired) electrons. The van der Waals surface area contributed by atoms with E-state index in [1.54, 1.807) is 24.3 Å². The highest BCUT2D eigenvalue weighted by Gasteiger charge is 2.31. The molecular weight excluding hydrogens is 323 g/mol. The molecule has 0 rings (SSSR count). The lowest BCUT2D eigenvalue weighted by atomic mass is 9.84.